The van der Waals surface area contributed by atoms with E-state index in [4.69, 9.17) is 10.5 Å². The first-order valence-corrected chi connectivity index (χ1v) is 7.02. The van der Waals surface area contributed by atoms with Crippen LogP contribution in [-0.4, -0.2) is 6.61 Å². The van der Waals surface area contributed by atoms with Crippen molar-refractivity contribution in [3.05, 3.63) is 63.2 Å². The van der Waals surface area contributed by atoms with Crippen LogP contribution in [0.1, 0.15) is 24.1 Å². The molecule has 0 saturated heterocycles. The fourth-order valence-electron chi connectivity index (χ4n) is 1.83. The summed E-state index contributed by atoms with van der Waals surface area (Å²) < 4.78 is 6.62. The predicted molar refractivity (Wildman–Crippen MR) is 82.8 cm³/mol. The molecule has 18 heavy (non-hydrogen) atoms. The van der Waals surface area contributed by atoms with Crippen molar-refractivity contribution in [1.82, 2.24) is 0 Å². The summed E-state index contributed by atoms with van der Waals surface area (Å²) in [6.07, 6.45) is 0. The van der Waals surface area contributed by atoms with Gasteiger partial charge in [-0.1, -0.05) is 24.3 Å². The summed E-state index contributed by atoms with van der Waals surface area (Å²) in [4.78, 5) is 0. The summed E-state index contributed by atoms with van der Waals surface area (Å²) in [5.74, 6) is 0.885. The third-order valence-corrected chi connectivity index (χ3v) is 3.43. The monoisotopic (exact) mass is 353 g/mol. The molecule has 0 heterocycles. The van der Waals surface area contributed by atoms with Crippen LogP contribution in [0.15, 0.2) is 48.5 Å². The maximum Gasteiger partial charge on any atom is 0.119 e. The minimum Gasteiger partial charge on any atom is -0.494 e. The fourth-order valence-corrected chi connectivity index (χ4v) is 2.40. The second kappa shape index (κ2) is 6.20. The van der Waals surface area contributed by atoms with Gasteiger partial charge in [-0.3, -0.25) is 0 Å². The molecule has 2 nitrogen and oxygen atoms in total. The first-order valence-electron chi connectivity index (χ1n) is 5.94. The minimum atomic E-state index is -0.0876. The Balaban J connectivity index is 2.20. The molecule has 0 bridgehead atoms. The van der Waals surface area contributed by atoms with Crippen molar-refractivity contribution in [1.29, 1.82) is 0 Å². The van der Waals surface area contributed by atoms with Crippen LogP contribution >= 0.6 is 22.6 Å². The minimum absolute atomic E-state index is 0.0876. The first-order chi connectivity index (χ1) is 8.70. The van der Waals surface area contributed by atoms with Crippen LogP contribution in [0.2, 0.25) is 0 Å². The van der Waals surface area contributed by atoms with Gasteiger partial charge in [0.2, 0.25) is 0 Å². The summed E-state index contributed by atoms with van der Waals surface area (Å²) in [6, 6.07) is 16.2. The number of nitrogens with two attached hydrogens (primary N) is 1. The zero-order chi connectivity index (χ0) is 13.0. The zero-order valence-corrected chi connectivity index (χ0v) is 12.4. The molecule has 2 N–H and O–H groups in total. The van der Waals surface area contributed by atoms with E-state index in [0.29, 0.717) is 6.61 Å². The van der Waals surface area contributed by atoms with E-state index in [2.05, 4.69) is 40.8 Å². The first kappa shape index (κ1) is 13.4. The Bertz CT molecular complexity index is 510. The van der Waals surface area contributed by atoms with Gasteiger partial charge in [-0.15, -0.1) is 0 Å². The SMILES string of the molecule is CCOc1ccc(C(N)c2cccc(I)c2)cc1. The molecule has 1 atom stereocenters. The number of benzene rings is 2. The number of hydrogen-bond acceptors (Lipinski definition) is 2. The molecule has 0 aliphatic heterocycles. The summed E-state index contributed by atoms with van der Waals surface area (Å²) in [5.41, 5.74) is 8.49. The molecule has 0 saturated carbocycles. The van der Waals surface area contributed by atoms with Crippen LogP contribution < -0.4 is 10.5 Å². The average Bonchev–Trinajstić information content (AvgIpc) is 2.39. The van der Waals surface area contributed by atoms with Crippen LogP contribution in [0.5, 0.6) is 5.75 Å². The van der Waals surface area contributed by atoms with Gasteiger partial charge in [0, 0.05) is 3.57 Å². The zero-order valence-electron chi connectivity index (χ0n) is 10.3. The Morgan fingerprint density at radius 2 is 1.83 bits per heavy atom. The number of ether oxygens (including phenoxy) is 1. The second-order valence-corrected chi connectivity index (χ2v) is 5.28. The molecule has 0 spiro atoms. The summed E-state index contributed by atoms with van der Waals surface area (Å²) in [5, 5.41) is 0. The van der Waals surface area contributed by atoms with E-state index in [-0.39, 0.29) is 6.04 Å². The summed E-state index contributed by atoms with van der Waals surface area (Å²) in [6.45, 7) is 2.66. The van der Waals surface area contributed by atoms with Gasteiger partial charge in [-0.2, -0.15) is 0 Å². The quantitative estimate of drug-likeness (QED) is 0.850. The van der Waals surface area contributed by atoms with Crippen molar-refractivity contribution in [2.45, 2.75) is 13.0 Å². The Kier molecular flexibility index (Phi) is 4.60. The van der Waals surface area contributed by atoms with Gasteiger partial charge in [0.25, 0.3) is 0 Å². The van der Waals surface area contributed by atoms with E-state index in [0.717, 1.165) is 16.9 Å². The lowest BCUT2D eigenvalue weighted by atomic mass is 10.00. The van der Waals surface area contributed by atoms with Crippen LogP contribution in [0.3, 0.4) is 0 Å². The lowest BCUT2D eigenvalue weighted by Crippen LogP contribution is -2.11. The highest BCUT2D eigenvalue weighted by atomic mass is 127. The van der Waals surface area contributed by atoms with Gasteiger partial charge < -0.3 is 10.5 Å². The molecular weight excluding hydrogens is 337 g/mol. The van der Waals surface area contributed by atoms with E-state index in [1.54, 1.807) is 0 Å². The molecule has 0 aromatic heterocycles. The van der Waals surface area contributed by atoms with Crippen molar-refractivity contribution in [3.63, 3.8) is 0 Å². The average molecular weight is 353 g/mol. The summed E-state index contributed by atoms with van der Waals surface area (Å²) in [7, 11) is 0. The lowest BCUT2D eigenvalue weighted by molar-refractivity contribution is 0.340. The van der Waals surface area contributed by atoms with Gasteiger partial charge in [0.1, 0.15) is 5.75 Å². The van der Waals surface area contributed by atoms with Crippen molar-refractivity contribution in [3.8, 4) is 5.75 Å². The van der Waals surface area contributed by atoms with Crippen LogP contribution in [0.4, 0.5) is 0 Å². The van der Waals surface area contributed by atoms with Crippen LogP contribution in [-0.2, 0) is 0 Å². The van der Waals surface area contributed by atoms with Crippen LogP contribution in [0, 0.1) is 3.57 Å². The van der Waals surface area contributed by atoms with Crippen molar-refractivity contribution in [2.75, 3.05) is 6.61 Å². The molecule has 94 valence electrons. The number of halogens is 1. The Morgan fingerprint density at radius 3 is 2.44 bits per heavy atom. The van der Waals surface area contributed by atoms with Crippen molar-refractivity contribution >= 4 is 22.6 Å². The largest absolute Gasteiger partial charge is 0.494 e. The highest BCUT2D eigenvalue weighted by molar-refractivity contribution is 14.1. The molecule has 0 radical (unpaired) electrons. The standard InChI is InChI=1S/C15H16INO/c1-2-18-14-8-6-11(7-9-14)15(17)12-4-3-5-13(16)10-12/h3-10,15H,2,17H2,1H3. The Hall–Kier alpha value is -1.07. The van der Waals surface area contributed by atoms with Crippen LogP contribution in [0.25, 0.3) is 0 Å². The maximum absolute atomic E-state index is 6.27. The molecule has 3 heteroatoms. The highest BCUT2D eigenvalue weighted by Gasteiger charge is 2.09. The van der Waals surface area contributed by atoms with Gasteiger partial charge in [0.15, 0.2) is 0 Å². The van der Waals surface area contributed by atoms with E-state index >= 15 is 0 Å². The normalized spacial score (nSPS) is 12.2. The third-order valence-electron chi connectivity index (χ3n) is 2.76. The fraction of sp³-hybridized carbons (Fsp3) is 0.200. The maximum atomic E-state index is 6.27. The summed E-state index contributed by atoms with van der Waals surface area (Å²) >= 11 is 2.30. The lowest BCUT2D eigenvalue weighted by Gasteiger charge is -2.13. The highest BCUT2D eigenvalue weighted by Crippen LogP contribution is 2.23. The van der Waals surface area contributed by atoms with E-state index < -0.39 is 0 Å². The van der Waals surface area contributed by atoms with Gasteiger partial charge in [-0.25, -0.2) is 0 Å². The predicted octanol–water partition coefficient (Wildman–Crippen LogP) is 3.74. The number of hydrogen-bond donors (Lipinski definition) is 1. The van der Waals surface area contributed by atoms with Gasteiger partial charge in [-0.05, 0) is 64.9 Å². The number of rotatable bonds is 4. The molecule has 0 aliphatic rings. The van der Waals surface area contributed by atoms with E-state index in [1.165, 1.54) is 3.57 Å². The molecule has 0 amide bonds. The molecule has 0 aliphatic carbocycles. The topological polar surface area (TPSA) is 35.2 Å². The molecular formula is C15H16INO. The van der Waals surface area contributed by atoms with E-state index in [1.807, 2.05) is 37.3 Å². The van der Waals surface area contributed by atoms with Gasteiger partial charge in [0.05, 0.1) is 12.6 Å². The smallest absolute Gasteiger partial charge is 0.119 e. The van der Waals surface area contributed by atoms with Crippen molar-refractivity contribution in [2.24, 2.45) is 5.73 Å². The third kappa shape index (κ3) is 3.23. The Labute approximate surface area is 121 Å². The van der Waals surface area contributed by atoms with Gasteiger partial charge >= 0.3 is 0 Å². The van der Waals surface area contributed by atoms with E-state index in [9.17, 15) is 0 Å². The molecule has 0 fully saturated rings. The molecule has 1 unspecified atom stereocenters. The molecule has 2 rings (SSSR count). The molecule has 2 aromatic carbocycles. The van der Waals surface area contributed by atoms with Crippen molar-refractivity contribution < 1.29 is 4.74 Å². The molecule has 2 aromatic rings. The Morgan fingerprint density at radius 1 is 1.11 bits per heavy atom. The second-order valence-electron chi connectivity index (χ2n) is 4.03.